The molecule has 0 amide bonds. The average molecular weight is 361 g/mol. The molecule has 2 aromatic rings. The van der Waals surface area contributed by atoms with Crippen molar-refractivity contribution in [1.82, 2.24) is 4.31 Å². The number of nitrogens with zero attached hydrogens (tertiary/aromatic N) is 1. The third kappa shape index (κ3) is 4.03. The van der Waals surface area contributed by atoms with Crippen LogP contribution in [0.15, 0.2) is 53.4 Å². The Balaban J connectivity index is 1.78. The Labute approximate surface area is 149 Å². The zero-order valence-corrected chi connectivity index (χ0v) is 15.5. The molecule has 0 N–H and O–H groups in total. The Morgan fingerprint density at radius 3 is 2.20 bits per heavy atom. The van der Waals surface area contributed by atoms with Gasteiger partial charge in [0.2, 0.25) is 10.0 Å². The standard InChI is InChI=1S/C19H23NO4S/c1-14-6-4-5-7-19(14)24-17-8-10-18(11-9-17)25(21,22)20-12-15(2)23-16(3)13-20/h4-11,15-16H,12-13H2,1-3H3/t15-,16-/m0/s1. The number of hydrogen-bond acceptors (Lipinski definition) is 4. The molecule has 0 bridgehead atoms. The number of sulfonamides is 1. The lowest BCUT2D eigenvalue weighted by atomic mass is 10.2. The lowest BCUT2D eigenvalue weighted by molar-refractivity contribution is -0.0440. The van der Waals surface area contributed by atoms with Crippen LogP contribution in [0, 0.1) is 6.92 Å². The van der Waals surface area contributed by atoms with Crippen molar-refractivity contribution < 1.29 is 17.9 Å². The van der Waals surface area contributed by atoms with Crippen LogP contribution in [0.1, 0.15) is 19.4 Å². The lowest BCUT2D eigenvalue weighted by Crippen LogP contribution is -2.48. The first-order valence-corrected chi connectivity index (χ1v) is 9.79. The molecule has 25 heavy (non-hydrogen) atoms. The van der Waals surface area contributed by atoms with Gasteiger partial charge in [-0.05, 0) is 56.7 Å². The van der Waals surface area contributed by atoms with Gasteiger partial charge in [-0.3, -0.25) is 0 Å². The second-order valence-electron chi connectivity index (χ2n) is 6.42. The number of hydrogen-bond donors (Lipinski definition) is 0. The first-order valence-electron chi connectivity index (χ1n) is 8.35. The van der Waals surface area contributed by atoms with Crippen LogP contribution < -0.4 is 4.74 Å². The van der Waals surface area contributed by atoms with Gasteiger partial charge in [0, 0.05) is 13.1 Å². The van der Waals surface area contributed by atoms with E-state index in [9.17, 15) is 8.42 Å². The van der Waals surface area contributed by atoms with Gasteiger partial charge >= 0.3 is 0 Å². The highest BCUT2D eigenvalue weighted by atomic mass is 32.2. The second-order valence-corrected chi connectivity index (χ2v) is 8.36. The Hall–Kier alpha value is -1.89. The van der Waals surface area contributed by atoms with Crippen LogP contribution in [0.4, 0.5) is 0 Å². The molecular weight excluding hydrogens is 338 g/mol. The van der Waals surface area contributed by atoms with Crippen LogP contribution in [0.2, 0.25) is 0 Å². The van der Waals surface area contributed by atoms with E-state index in [4.69, 9.17) is 9.47 Å². The largest absolute Gasteiger partial charge is 0.457 e. The number of morpholine rings is 1. The van der Waals surface area contributed by atoms with Crippen LogP contribution in [-0.2, 0) is 14.8 Å². The van der Waals surface area contributed by atoms with Crippen LogP contribution in [0.25, 0.3) is 0 Å². The number of aryl methyl sites for hydroxylation is 1. The first kappa shape index (κ1) is 17.9. The number of ether oxygens (including phenoxy) is 2. The second kappa shape index (κ2) is 7.15. The van der Waals surface area contributed by atoms with Gasteiger partial charge in [0.1, 0.15) is 11.5 Å². The highest BCUT2D eigenvalue weighted by molar-refractivity contribution is 7.89. The summed E-state index contributed by atoms with van der Waals surface area (Å²) >= 11 is 0. The van der Waals surface area contributed by atoms with E-state index in [1.807, 2.05) is 45.0 Å². The molecule has 5 nitrogen and oxygen atoms in total. The molecule has 134 valence electrons. The van der Waals surface area contributed by atoms with Gasteiger partial charge in [-0.1, -0.05) is 18.2 Å². The maximum atomic E-state index is 12.8. The summed E-state index contributed by atoms with van der Waals surface area (Å²) in [7, 11) is -3.53. The molecule has 1 aliphatic heterocycles. The molecule has 3 rings (SSSR count). The molecule has 1 saturated heterocycles. The predicted octanol–water partition coefficient (Wildman–Crippen LogP) is 3.59. The van der Waals surface area contributed by atoms with Crippen molar-refractivity contribution in [3.63, 3.8) is 0 Å². The van der Waals surface area contributed by atoms with Crippen LogP contribution in [0.5, 0.6) is 11.5 Å². The van der Waals surface area contributed by atoms with Crippen molar-refractivity contribution in [2.24, 2.45) is 0 Å². The normalized spacial score (nSPS) is 21.9. The topological polar surface area (TPSA) is 55.8 Å². The van der Waals surface area contributed by atoms with E-state index in [-0.39, 0.29) is 17.1 Å². The highest BCUT2D eigenvalue weighted by Crippen LogP contribution is 2.27. The summed E-state index contributed by atoms with van der Waals surface area (Å²) in [5, 5.41) is 0. The summed E-state index contributed by atoms with van der Waals surface area (Å²) in [4.78, 5) is 0.269. The van der Waals surface area contributed by atoms with Crippen molar-refractivity contribution in [2.45, 2.75) is 37.9 Å². The van der Waals surface area contributed by atoms with E-state index in [1.54, 1.807) is 24.3 Å². The van der Waals surface area contributed by atoms with Crippen molar-refractivity contribution in [3.8, 4) is 11.5 Å². The molecule has 0 aromatic heterocycles. The van der Waals surface area contributed by atoms with Gasteiger partial charge in [0.15, 0.2) is 0 Å². The molecule has 1 aliphatic rings. The molecule has 0 unspecified atom stereocenters. The quantitative estimate of drug-likeness (QED) is 0.835. The van der Waals surface area contributed by atoms with E-state index in [2.05, 4.69) is 0 Å². The third-order valence-corrected chi connectivity index (χ3v) is 6.01. The summed E-state index contributed by atoms with van der Waals surface area (Å²) in [6.07, 6.45) is -0.218. The summed E-state index contributed by atoms with van der Waals surface area (Å²) in [5.74, 6) is 1.37. The van der Waals surface area contributed by atoms with E-state index < -0.39 is 10.0 Å². The SMILES string of the molecule is Cc1ccccc1Oc1ccc(S(=O)(=O)N2C[C@H](C)O[C@@H](C)C2)cc1. The maximum Gasteiger partial charge on any atom is 0.243 e. The maximum absolute atomic E-state index is 12.8. The van der Waals surface area contributed by atoms with Gasteiger partial charge in [0.25, 0.3) is 0 Å². The summed E-state index contributed by atoms with van der Waals surface area (Å²) in [6, 6.07) is 14.3. The van der Waals surface area contributed by atoms with Crippen molar-refractivity contribution in [1.29, 1.82) is 0 Å². The molecule has 0 aliphatic carbocycles. The molecule has 0 spiro atoms. The average Bonchev–Trinajstić information content (AvgIpc) is 2.56. The minimum atomic E-state index is -3.53. The van der Waals surface area contributed by atoms with Gasteiger partial charge in [0.05, 0.1) is 17.1 Å². The van der Waals surface area contributed by atoms with Gasteiger partial charge in [-0.2, -0.15) is 4.31 Å². The van der Waals surface area contributed by atoms with Gasteiger partial charge < -0.3 is 9.47 Å². The van der Waals surface area contributed by atoms with Gasteiger partial charge in [-0.25, -0.2) is 8.42 Å². The monoisotopic (exact) mass is 361 g/mol. The first-order chi connectivity index (χ1) is 11.9. The predicted molar refractivity (Wildman–Crippen MR) is 96.5 cm³/mol. The number of rotatable bonds is 4. The lowest BCUT2D eigenvalue weighted by Gasteiger charge is -2.34. The number of benzene rings is 2. The molecule has 0 saturated carbocycles. The molecule has 1 fully saturated rings. The van der Waals surface area contributed by atoms with Crippen molar-refractivity contribution in [2.75, 3.05) is 13.1 Å². The number of para-hydroxylation sites is 1. The fourth-order valence-electron chi connectivity index (χ4n) is 2.95. The fourth-order valence-corrected chi connectivity index (χ4v) is 4.54. The summed E-state index contributed by atoms with van der Waals surface area (Å²) in [5.41, 5.74) is 1.02. The Morgan fingerprint density at radius 1 is 1.00 bits per heavy atom. The van der Waals surface area contributed by atoms with E-state index in [1.165, 1.54) is 4.31 Å². The van der Waals surface area contributed by atoms with Crippen molar-refractivity contribution in [3.05, 3.63) is 54.1 Å². The molecule has 6 heteroatoms. The zero-order chi connectivity index (χ0) is 18.0. The third-order valence-electron chi connectivity index (χ3n) is 4.17. The van der Waals surface area contributed by atoms with Gasteiger partial charge in [-0.15, -0.1) is 0 Å². The molecule has 2 aromatic carbocycles. The van der Waals surface area contributed by atoms with E-state index in [0.717, 1.165) is 11.3 Å². The molecule has 0 radical (unpaired) electrons. The van der Waals surface area contributed by atoms with Crippen molar-refractivity contribution >= 4 is 10.0 Å². The Bertz CT molecular complexity index is 823. The van der Waals surface area contributed by atoms with Crippen LogP contribution in [0.3, 0.4) is 0 Å². The van der Waals surface area contributed by atoms with Crippen LogP contribution >= 0.6 is 0 Å². The fraction of sp³-hybridized carbons (Fsp3) is 0.368. The Kier molecular flexibility index (Phi) is 5.13. The summed E-state index contributed by atoms with van der Waals surface area (Å²) < 4.78 is 38.6. The van der Waals surface area contributed by atoms with E-state index in [0.29, 0.717) is 18.8 Å². The minimum absolute atomic E-state index is 0.109. The Morgan fingerprint density at radius 2 is 1.60 bits per heavy atom. The minimum Gasteiger partial charge on any atom is -0.457 e. The molecular formula is C19H23NO4S. The van der Waals surface area contributed by atoms with Crippen LogP contribution in [-0.4, -0.2) is 38.0 Å². The molecule has 2 atom stereocenters. The molecule has 1 heterocycles. The highest BCUT2D eigenvalue weighted by Gasteiger charge is 2.32. The zero-order valence-electron chi connectivity index (χ0n) is 14.7. The summed E-state index contributed by atoms with van der Waals surface area (Å²) in [6.45, 7) is 6.48. The smallest absolute Gasteiger partial charge is 0.243 e. The van der Waals surface area contributed by atoms with E-state index >= 15 is 0 Å².